The van der Waals surface area contributed by atoms with Gasteiger partial charge in [0.2, 0.25) is 0 Å². The van der Waals surface area contributed by atoms with Gasteiger partial charge in [-0.1, -0.05) is 143 Å². The molecule has 0 spiro atoms. The summed E-state index contributed by atoms with van der Waals surface area (Å²) in [6.07, 6.45) is 3.58. The summed E-state index contributed by atoms with van der Waals surface area (Å²) in [5.41, 5.74) is -4.40. The van der Waals surface area contributed by atoms with Gasteiger partial charge in [0.15, 0.2) is 30.9 Å². The van der Waals surface area contributed by atoms with Crippen LogP contribution in [0, 0.1) is 91.7 Å². The molecular weight excluding hydrogens is 1150 g/mol. The van der Waals surface area contributed by atoms with E-state index in [2.05, 4.69) is 62.3 Å². The second-order valence-electron chi connectivity index (χ2n) is 32.0. The molecule has 1 heterocycles. The number of fused-ring (bicyclic) bond motifs is 10. The van der Waals surface area contributed by atoms with Gasteiger partial charge < -0.3 is 20.1 Å². The first-order valence-electron chi connectivity index (χ1n) is 32.4. The molecule has 19 atom stereocenters. The predicted octanol–water partition coefficient (Wildman–Crippen LogP) is 16.5. The summed E-state index contributed by atoms with van der Waals surface area (Å²) in [4.78, 5) is 0.680. The topological polar surface area (TPSA) is 142 Å². The van der Waals surface area contributed by atoms with Crippen molar-refractivity contribution in [2.75, 3.05) is 12.4 Å². The van der Waals surface area contributed by atoms with Crippen molar-refractivity contribution >= 4 is 19.7 Å². The molecule has 1 saturated heterocycles. The van der Waals surface area contributed by atoms with Crippen molar-refractivity contribution in [3.05, 3.63) is 84.0 Å². The van der Waals surface area contributed by atoms with Gasteiger partial charge in [-0.3, -0.25) is 0 Å². The Morgan fingerprint density at radius 3 is 1.40 bits per heavy atom. The Balaban J connectivity index is 0.000000186. The molecule has 7 fully saturated rings. The number of epoxide rings is 1. The summed E-state index contributed by atoms with van der Waals surface area (Å²) in [7, 11) is -7.07. The quantitative estimate of drug-likeness (QED) is 0.121. The largest absolute Gasteiger partial charge is 0.417 e. The first kappa shape index (κ1) is 67.6. The highest BCUT2D eigenvalue weighted by Gasteiger charge is 2.66. The predicted molar refractivity (Wildman–Crippen MR) is 326 cm³/mol. The van der Waals surface area contributed by atoms with Crippen LogP contribution in [0.15, 0.2) is 93.8 Å². The summed E-state index contributed by atoms with van der Waals surface area (Å²) in [6, 6.07) is 17.3. The van der Waals surface area contributed by atoms with Crippen molar-refractivity contribution in [1.82, 2.24) is 0 Å². The van der Waals surface area contributed by atoms with Crippen LogP contribution < -0.4 is 0 Å². The van der Waals surface area contributed by atoms with E-state index >= 15 is 0 Å². The first-order chi connectivity index (χ1) is 39.6. The Hall–Kier alpha value is -2.76. The number of hydrogen-bond acceptors (Lipinski definition) is 8. The van der Waals surface area contributed by atoms with Gasteiger partial charge in [-0.15, -0.1) is 0 Å². The highest BCUT2D eigenvalue weighted by molar-refractivity contribution is 7.92. The van der Waals surface area contributed by atoms with Crippen molar-refractivity contribution in [3.8, 4) is 0 Å². The van der Waals surface area contributed by atoms with E-state index in [0.29, 0.717) is 69.7 Å². The zero-order valence-electron chi connectivity index (χ0n) is 53.3. The summed E-state index contributed by atoms with van der Waals surface area (Å²) < 4.78 is 142. The highest BCUT2D eigenvalue weighted by Crippen LogP contribution is 2.71. The second kappa shape index (κ2) is 23.4. The van der Waals surface area contributed by atoms with Crippen LogP contribution in [0.5, 0.6) is 0 Å². The van der Waals surface area contributed by atoms with Crippen LogP contribution in [0.2, 0.25) is 0 Å². The maximum Gasteiger partial charge on any atom is 0.417 e. The fourth-order valence-electron chi connectivity index (χ4n) is 19.6. The number of ether oxygens (including phenoxy) is 1. The third kappa shape index (κ3) is 12.4. The average molecular weight is 1250 g/mol. The Morgan fingerprint density at radius 2 is 1.00 bits per heavy atom. The van der Waals surface area contributed by atoms with Gasteiger partial charge in [-0.2, -0.15) is 26.3 Å². The van der Waals surface area contributed by atoms with Crippen LogP contribution >= 0.6 is 0 Å². The van der Waals surface area contributed by atoms with E-state index in [0.717, 1.165) is 82.0 Å². The lowest BCUT2D eigenvalue weighted by atomic mass is 9.46. The fourth-order valence-corrected chi connectivity index (χ4v) is 23.4. The molecule has 1 aliphatic heterocycles. The van der Waals surface area contributed by atoms with E-state index in [9.17, 15) is 58.5 Å². The molecule has 2 aromatic rings. The van der Waals surface area contributed by atoms with Crippen molar-refractivity contribution < 1.29 is 63.2 Å². The van der Waals surface area contributed by atoms with Gasteiger partial charge in [0.25, 0.3) is 0 Å². The van der Waals surface area contributed by atoms with Crippen molar-refractivity contribution in [2.24, 2.45) is 91.7 Å². The van der Waals surface area contributed by atoms with E-state index in [1.165, 1.54) is 0 Å². The minimum Gasteiger partial charge on any atom is -0.393 e. The van der Waals surface area contributed by atoms with Gasteiger partial charge in [0, 0.05) is 12.8 Å². The third-order valence-electron chi connectivity index (χ3n) is 25.3. The molecule has 0 bridgehead atoms. The van der Waals surface area contributed by atoms with Crippen LogP contribution in [-0.4, -0.2) is 85.5 Å². The summed E-state index contributed by atoms with van der Waals surface area (Å²) >= 11 is 0. The SMILES string of the molecule is CC(C)(C)C1CO1.C[C@H](C(CC(O)C(C)(C)C)S(=O)(=O)c1ccccc1)[C@H]1CC[C@H]2[C@@H]3CC=C4C[C@](O)(C(F)(F)F)CC[C@]4(C)[C@H]3CC[C@]12C.C[C@H](CS(=O)(=O)c1ccccc1)[C@H]1CC[C@H]2[C@@H]3CC=C4C[C@](O)(C(F)(F)F)CC[C@]4(C)[C@H]3CC[C@]12C. The van der Waals surface area contributed by atoms with Crippen molar-refractivity contribution in [3.63, 3.8) is 0 Å². The molecule has 16 heteroatoms. The summed E-state index contributed by atoms with van der Waals surface area (Å²) in [5.74, 6) is 2.68. The smallest absolute Gasteiger partial charge is 0.393 e. The highest BCUT2D eigenvalue weighted by atomic mass is 32.2. The lowest BCUT2D eigenvalue weighted by molar-refractivity contribution is -0.271. The van der Waals surface area contributed by atoms with Crippen molar-refractivity contribution in [1.29, 1.82) is 0 Å². The maximum atomic E-state index is 14.2. The van der Waals surface area contributed by atoms with Crippen LogP contribution in [-0.2, 0) is 24.4 Å². The van der Waals surface area contributed by atoms with Crippen LogP contribution in [0.3, 0.4) is 0 Å². The molecule has 0 amide bonds. The number of hydrogen-bond donors (Lipinski definition) is 3. The van der Waals surface area contributed by atoms with Crippen LogP contribution in [0.4, 0.5) is 26.3 Å². The third-order valence-corrected chi connectivity index (χ3v) is 29.6. The number of rotatable bonds is 10. The number of allylic oxidation sites excluding steroid dienone is 2. The minimum absolute atomic E-state index is 0.0449. The standard InChI is InChI=1S/C35H51F3O4S.C29H39F3O3S.C6H12O/c1-22(29(20-30(39)31(2,3)4)43(41,42)24-10-8-7-9-11-24)26-14-15-27-25-13-12-23-21-34(40,35(36,37)38)19-18-32(23,5)28(25)16-17-33(26,27)6;1-19(18-36(34,35)21-7-5-4-6-8-21)23-11-12-24-22-10-9-20-17-28(33,29(30,31)32)16-15-26(20,2)25(22)13-14-27(23,24)3;1-6(2,3)5-4-7-5/h7-12,22,25-30,39-40H,13-21H2,1-6H3;4-9,19,22-25,33H,10-18H2,1-3H3;5H,4H2,1-3H3/t22-,25-,26+,27-,28-,29?,30?,32-,33+,34-;19-,22+,23-,24+,25+,26+,27-,28+;/m01./s1. The molecule has 3 N–H and O–H groups in total. The molecule has 0 radical (unpaired) electrons. The van der Waals surface area contributed by atoms with E-state index in [-0.39, 0.29) is 83.2 Å². The van der Waals surface area contributed by atoms with Crippen molar-refractivity contribution in [2.45, 2.75) is 243 Å². The van der Waals surface area contributed by atoms with Gasteiger partial charge in [-0.25, -0.2) is 16.8 Å². The fraction of sp³-hybridized carbons (Fsp3) is 0.771. The number of aliphatic hydroxyl groups is 3. The van der Waals surface area contributed by atoms with Crippen LogP contribution in [0.1, 0.15) is 192 Å². The molecule has 3 unspecified atom stereocenters. The van der Waals surface area contributed by atoms with E-state index in [1.54, 1.807) is 48.5 Å². The maximum absolute atomic E-state index is 14.2. The summed E-state index contributed by atoms with van der Waals surface area (Å²) in [5, 5.41) is 31.4. The zero-order valence-corrected chi connectivity index (χ0v) is 55.0. The molecule has 8 aliphatic carbocycles. The molecular formula is C70H102F6O8S2. The zero-order chi connectivity index (χ0) is 63.4. The molecule has 0 aromatic heterocycles. The molecule has 9 aliphatic rings. The van der Waals surface area contributed by atoms with E-state index in [1.807, 2.05) is 45.1 Å². The number of benzene rings is 2. The number of aliphatic hydroxyl groups excluding tert-OH is 1. The van der Waals surface area contributed by atoms with Gasteiger partial charge in [0.1, 0.15) is 0 Å². The van der Waals surface area contributed by atoms with E-state index < -0.39 is 60.0 Å². The molecule has 6 saturated carbocycles. The number of alkyl halides is 6. The normalized spacial score (nSPS) is 39.2. The second-order valence-corrected chi connectivity index (χ2v) is 36.2. The van der Waals surface area contributed by atoms with Gasteiger partial charge in [-0.05, 0) is 212 Å². The Bertz CT molecular complexity index is 3020. The average Bonchev–Trinajstić information content (AvgIpc) is 1.27. The molecule has 2 aromatic carbocycles. The number of halogens is 6. The lowest BCUT2D eigenvalue weighted by Crippen LogP contribution is -2.56. The Kier molecular flexibility index (Phi) is 18.4. The Morgan fingerprint density at radius 1 is 0.581 bits per heavy atom. The minimum atomic E-state index is -4.64. The van der Waals surface area contributed by atoms with Gasteiger partial charge in [0.05, 0.1) is 39.6 Å². The molecule has 8 nitrogen and oxygen atoms in total. The van der Waals surface area contributed by atoms with E-state index in [4.69, 9.17) is 4.74 Å². The monoisotopic (exact) mass is 1250 g/mol. The van der Waals surface area contributed by atoms with Gasteiger partial charge >= 0.3 is 12.4 Å². The number of sulfone groups is 2. The molecule has 484 valence electrons. The molecule has 86 heavy (non-hydrogen) atoms. The lowest BCUT2D eigenvalue weighted by Gasteiger charge is -2.59. The first-order valence-corrected chi connectivity index (χ1v) is 35.6. The summed E-state index contributed by atoms with van der Waals surface area (Å²) in [6.45, 7) is 26.5. The Labute approximate surface area is 511 Å². The molecule has 11 rings (SSSR count). The van der Waals surface area contributed by atoms with Crippen LogP contribution in [0.25, 0.3) is 0 Å².